The number of benzene rings is 2. The number of carbonyl (C=O) groups excluding carboxylic acids is 1. The second kappa shape index (κ2) is 10.2. The van der Waals surface area contributed by atoms with Gasteiger partial charge in [0.2, 0.25) is 5.91 Å². The van der Waals surface area contributed by atoms with Gasteiger partial charge in [-0.15, -0.1) is 11.3 Å². The molecule has 0 saturated carbocycles. The van der Waals surface area contributed by atoms with Gasteiger partial charge >= 0.3 is 0 Å². The molecule has 0 atom stereocenters. The fourth-order valence-corrected chi connectivity index (χ4v) is 5.75. The van der Waals surface area contributed by atoms with Gasteiger partial charge in [0.25, 0.3) is 5.56 Å². The Labute approximate surface area is 204 Å². The number of anilines is 1. The molecule has 34 heavy (non-hydrogen) atoms. The fraction of sp³-hybridized carbons (Fsp3) is 0.200. The van der Waals surface area contributed by atoms with E-state index in [2.05, 4.69) is 11.4 Å². The van der Waals surface area contributed by atoms with E-state index in [1.54, 1.807) is 41.0 Å². The van der Waals surface area contributed by atoms with Gasteiger partial charge in [0.15, 0.2) is 5.16 Å². The second-order valence-corrected chi connectivity index (χ2v) is 9.73. The molecular formula is C25H21FN4O2S2. The number of nitrogens with one attached hydrogen (secondary N) is 1. The van der Waals surface area contributed by atoms with Gasteiger partial charge in [-0.1, -0.05) is 36.0 Å². The molecule has 2 heterocycles. The Kier molecular flexibility index (Phi) is 7.10. The van der Waals surface area contributed by atoms with Crippen LogP contribution < -0.4 is 10.9 Å². The van der Waals surface area contributed by atoms with E-state index in [0.29, 0.717) is 38.9 Å². The summed E-state index contributed by atoms with van der Waals surface area (Å²) in [6.45, 7) is 4.24. The van der Waals surface area contributed by atoms with Gasteiger partial charge in [0, 0.05) is 29.2 Å². The van der Waals surface area contributed by atoms with Crippen molar-refractivity contribution in [2.24, 2.45) is 0 Å². The first kappa shape index (κ1) is 23.7. The van der Waals surface area contributed by atoms with Crippen molar-refractivity contribution in [3.63, 3.8) is 0 Å². The molecule has 2 aromatic heterocycles. The number of aryl methyl sites for hydroxylation is 1. The van der Waals surface area contributed by atoms with Crippen molar-refractivity contribution in [2.75, 3.05) is 11.1 Å². The van der Waals surface area contributed by atoms with Crippen LogP contribution in [-0.4, -0.2) is 21.2 Å². The monoisotopic (exact) mass is 492 g/mol. The van der Waals surface area contributed by atoms with E-state index in [4.69, 9.17) is 4.98 Å². The lowest BCUT2D eigenvalue weighted by molar-refractivity contribution is -0.115. The smallest absolute Gasteiger partial charge is 0.263 e. The molecule has 0 radical (unpaired) electrons. The van der Waals surface area contributed by atoms with Crippen molar-refractivity contribution in [3.8, 4) is 17.2 Å². The molecule has 0 aliphatic rings. The summed E-state index contributed by atoms with van der Waals surface area (Å²) in [5.74, 6) is -0.121. The first-order valence-corrected chi connectivity index (χ1v) is 12.4. The molecule has 172 valence electrons. The summed E-state index contributed by atoms with van der Waals surface area (Å²) in [7, 11) is 0. The van der Waals surface area contributed by atoms with Crippen molar-refractivity contribution in [1.82, 2.24) is 9.55 Å². The zero-order valence-electron chi connectivity index (χ0n) is 18.6. The van der Waals surface area contributed by atoms with Crippen molar-refractivity contribution in [2.45, 2.75) is 32.0 Å². The molecular weight excluding hydrogens is 471 g/mol. The predicted octanol–water partition coefficient (Wildman–Crippen LogP) is 5.59. The van der Waals surface area contributed by atoms with E-state index >= 15 is 0 Å². The van der Waals surface area contributed by atoms with Crippen LogP contribution in [0.15, 0.2) is 58.5 Å². The third kappa shape index (κ3) is 4.74. The van der Waals surface area contributed by atoms with Crippen LogP contribution in [0.3, 0.4) is 0 Å². The largest absolute Gasteiger partial charge is 0.325 e. The lowest BCUT2D eigenvalue weighted by Crippen LogP contribution is -2.22. The van der Waals surface area contributed by atoms with Gasteiger partial charge in [0.05, 0.1) is 16.6 Å². The van der Waals surface area contributed by atoms with Crippen molar-refractivity contribution < 1.29 is 9.18 Å². The summed E-state index contributed by atoms with van der Waals surface area (Å²) in [4.78, 5) is 32.1. The number of halogens is 1. The van der Waals surface area contributed by atoms with Crippen LogP contribution in [0.2, 0.25) is 0 Å². The highest BCUT2D eigenvalue weighted by Crippen LogP contribution is 2.36. The Morgan fingerprint density at radius 3 is 2.68 bits per heavy atom. The highest BCUT2D eigenvalue weighted by atomic mass is 32.2. The number of hydrogen-bond acceptors (Lipinski definition) is 6. The number of rotatable bonds is 7. The first-order valence-electron chi connectivity index (χ1n) is 10.6. The molecule has 9 heteroatoms. The minimum Gasteiger partial charge on any atom is -0.325 e. The Morgan fingerprint density at radius 2 is 1.97 bits per heavy atom. The highest BCUT2D eigenvalue weighted by molar-refractivity contribution is 7.99. The zero-order valence-corrected chi connectivity index (χ0v) is 20.2. The van der Waals surface area contributed by atoms with Gasteiger partial charge in [-0.2, -0.15) is 5.26 Å². The number of fused-ring (bicyclic) bond motifs is 1. The summed E-state index contributed by atoms with van der Waals surface area (Å²) in [6.07, 6.45) is 0.201. The summed E-state index contributed by atoms with van der Waals surface area (Å²) in [6, 6.07) is 15.0. The predicted molar refractivity (Wildman–Crippen MR) is 135 cm³/mol. The lowest BCUT2D eigenvalue weighted by Gasteiger charge is -2.11. The van der Waals surface area contributed by atoms with E-state index in [1.165, 1.54) is 35.2 Å². The molecule has 0 fully saturated rings. The molecule has 0 aliphatic heterocycles. The number of hydrogen-bond donors (Lipinski definition) is 1. The van der Waals surface area contributed by atoms with Crippen LogP contribution in [0.25, 0.3) is 21.3 Å². The molecule has 1 N–H and O–H groups in total. The molecule has 6 nitrogen and oxygen atoms in total. The molecule has 0 spiro atoms. The quantitative estimate of drug-likeness (QED) is 0.269. The number of para-hydroxylation sites is 1. The Hall–Kier alpha value is -3.48. The number of aromatic nitrogens is 2. The number of thioether (sulfide) groups is 1. The first-order chi connectivity index (χ1) is 16.4. The molecule has 4 aromatic rings. The highest BCUT2D eigenvalue weighted by Gasteiger charge is 2.20. The number of nitriles is 1. The van der Waals surface area contributed by atoms with Crippen LogP contribution in [0.4, 0.5) is 10.1 Å². The molecule has 1 amide bonds. The maximum Gasteiger partial charge on any atom is 0.263 e. The number of amides is 1. The minimum atomic E-state index is -0.330. The average Bonchev–Trinajstić information content (AvgIpc) is 3.16. The molecule has 0 bridgehead atoms. The van der Waals surface area contributed by atoms with Crippen LogP contribution >= 0.6 is 23.1 Å². The molecule has 0 saturated heterocycles. The molecule has 0 aliphatic carbocycles. The van der Waals surface area contributed by atoms with E-state index in [0.717, 1.165) is 16.0 Å². The van der Waals surface area contributed by atoms with E-state index in [-0.39, 0.29) is 23.7 Å². The van der Waals surface area contributed by atoms with Gasteiger partial charge in [0.1, 0.15) is 16.7 Å². The van der Waals surface area contributed by atoms with E-state index in [9.17, 15) is 19.2 Å². The Morgan fingerprint density at radius 1 is 1.24 bits per heavy atom. The molecule has 2 aromatic carbocycles. The Bertz CT molecular complexity index is 1470. The van der Waals surface area contributed by atoms with E-state index in [1.807, 2.05) is 13.8 Å². The Balaban J connectivity index is 1.57. The summed E-state index contributed by atoms with van der Waals surface area (Å²) in [5, 5.41) is 13.0. The van der Waals surface area contributed by atoms with Crippen molar-refractivity contribution in [3.05, 3.63) is 75.1 Å². The van der Waals surface area contributed by atoms with Crippen molar-refractivity contribution >= 4 is 44.9 Å². The van der Waals surface area contributed by atoms with E-state index < -0.39 is 0 Å². The lowest BCUT2D eigenvalue weighted by atomic mass is 10.0. The fourth-order valence-electron chi connectivity index (χ4n) is 3.67. The van der Waals surface area contributed by atoms with Crippen LogP contribution in [0.1, 0.15) is 23.8 Å². The summed E-state index contributed by atoms with van der Waals surface area (Å²) in [5.41, 5.74) is 2.30. The number of nitrogens with zero attached hydrogens (tertiary/aromatic N) is 3. The normalized spacial score (nSPS) is 10.9. The average molecular weight is 493 g/mol. The maximum absolute atomic E-state index is 13.4. The number of carbonyl (C=O) groups is 1. The standard InChI is InChI=1S/C25H21FN4O2S2/c1-3-30-24(32)22-21(16-8-10-18(26)11-9-16)15(2)34-23(22)29-25(30)33-13-12-20(31)28-19-7-5-4-6-17(19)14-27/h4-11H,3,12-13H2,1-2H3,(H,28,31). The van der Waals surface area contributed by atoms with Gasteiger partial charge in [-0.05, 0) is 43.7 Å². The SMILES string of the molecule is CCn1c(SCCC(=O)Nc2ccccc2C#N)nc2sc(C)c(-c3ccc(F)cc3)c2c1=O. The van der Waals surface area contributed by atoms with Gasteiger partial charge in [-0.25, -0.2) is 9.37 Å². The third-order valence-electron chi connectivity index (χ3n) is 5.28. The molecule has 4 rings (SSSR count). The summed E-state index contributed by atoms with van der Waals surface area (Å²) >= 11 is 2.77. The van der Waals surface area contributed by atoms with Gasteiger partial charge < -0.3 is 5.32 Å². The zero-order chi connectivity index (χ0) is 24.2. The topological polar surface area (TPSA) is 87.8 Å². The molecule has 0 unspecified atom stereocenters. The maximum atomic E-state index is 13.4. The second-order valence-electron chi connectivity index (χ2n) is 7.47. The van der Waals surface area contributed by atoms with Gasteiger partial charge in [-0.3, -0.25) is 14.2 Å². The summed E-state index contributed by atoms with van der Waals surface area (Å²) < 4.78 is 15.0. The van der Waals surface area contributed by atoms with Crippen molar-refractivity contribution in [1.29, 1.82) is 5.26 Å². The van der Waals surface area contributed by atoms with Crippen LogP contribution in [0.5, 0.6) is 0 Å². The third-order valence-corrected chi connectivity index (χ3v) is 7.26. The van der Waals surface area contributed by atoms with Crippen LogP contribution in [-0.2, 0) is 11.3 Å². The number of thiophene rings is 1. The minimum absolute atomic E-state index is 0.147. The van der Waals surface area contributed by atoms with Crippen LogP contribution in [0, 0.1) is 24.1 Å².